The van der Waals surface area contributed by atoms with Crippen LogP contribution in [0.2, 0.25) is 0 Å². The van der Waals surface area contributed by atoms with Gasteiger partial charge in [0, 0.05) is 38.0 Å². The molecule has 2 aromatic heterocycles. The topological polar surface area (TPSA) is 80.3 Å². The summed E-state index contributed by atoms with van der Waals surface area (Å²) in [7, 11) is 2.15. The number of rotatable bonds is 3. The molecule has 1 aliphatic carbocycles. The number of fused-ring (bicyclic) bond motifs is 1. The molecule has 0 aromatic carbocycles. The third-order valence-electron chi connectivity index (χ3n) is 6.92. The van der Waals surface area contributed by atoms with Gasteiger partial charge in [0.2, 0.25) is 5.76 Å². The van der Waals surface area contributed by atoms with E-state index < -0.39 is 0 Å². The predicted molar refractivity (Wildman–Crippen MR) is 107 cm³/mol. The van der Waals surface area contributed by atoms with Gasteiger partial charge in [0.25, 0.3) is 5.91 Å². The minimum absolute atomic E-state index is 0.0576. The lowest BCUT2D eigenvalue weighted by Gasteiger charge is -2.21. The van der Waals surface area contributed by atoms with Crippen molar-refractivity contribution in [2.24, 2.45) is 0 Å². The lowest BCUT2D eigenvalue weighted by Crippen LogP contribution is -2.33. The maximum atomic E-state index is 13.1. The van der Waals surface area contributed by atoms with Gasteiger partial charge in [0.1, 0.15) is 11.6 Å². The first-order valence-corrected chi connectivity index (χ1v) is 11.1. The molecule has 3 aliphatic rings. The molecule has 2 fully saturated rings. The number of hydrogen-bond acceptors (Lipinski definition) is 6. The van der Waals surface area contributed by atoms with Crippen LogP contribution >= 0.6 is 0 Å². The van der Waals surface area contributed by atoms with Gasteiger partial charge in [-0.2, -0.15) is 0 Å². The fraction of sp³-hybridized carbons (Fsp3) is 0.714. The summed E-state index contributed by atoms with van der Waals surface area (Å²) in [6, 6.07) is 2.22. The lowest BCUT2D eigenvalue weighted by molar-refractivity contribution is 0.0716. The smallest absolute Gasteiger partial charge is 0.292 e. The Morgan fingerprint density at radius 3 is 2.69 bits per heavy atom. The van der Waals surface area contributed by atoms with Crippen LogP contribution in [0, 0.1) is 0 Å². The SMILES string of the molecule is CN1CCC[C@H]1c1nnc2n1CCN(C(=O)c1cc(C3CCCCC3)no1)CC2. The van der Waals surface area contributed by atoms with E-state index in [9.17, 15) is 4.79 Å². The van der Waals surface area contributed by atoms with E-state index in [-0.39, 0.29) is 5.91 Å². The van der Waals surface area contributed by atoms with Gasteiger partial charge in [-0.15, -0.1) is 10.2 Å². The number of carbonyl (C=O) groups is 1. The second-order valence-corrected chi connectivity index (χ2v) is 8.76. The molecule has 2 aliphatic heterocycles. The van der Waals surface area contributed by atoms with Crippen molar-refractivity contribution in [3.63, 3.8) is 0 Å². The first-order chi connectivity index (χ1) is 14.2. The first-order valence-electron chi connectivity index (χ1n) is 11.1. The largest absolute Gasteiger partial charge is 0.351 e. The predicted octanol–water partition coefficient (Wildman–Crippen LogP) is 2.78. The van der Waals surface area contributed by atoms with Crippen LogP contribution in [0.1, 0.15) is 84.8 Å². The third-order valence-corrected chi connectivity index (χ3v) is 6.92. The van der Waals surface area contributed by atoms with Crippen LogP contribution in [0.5, 0.6) is 0 Å². The Bertz CT molecular complexity index is 868. The van der Waals surface area contributed by atoms with Gasteiger partial charge in [-0.25, -0.2) is 0 Å². The number of aromatic nitrogens is 4. The maximum Gasteiger partial charge on any atom is 0.292 e. The Hall–Kier alpha value is -2.22. The highest BCUT2D eigenvalue weighted by atomic mass is 16.5. The standard InChI is InChI=1S/C21H30N6O2/c1-25-10-5-8-17(25)20-23-22-19-9-11-26(12-13-27(19)20)21(28)18-14-16(24-29-18)15-6-3-2-4-7-15/h14-15,17H,2-13H2,1H3/t17-/m0/s1. The quantitative estimate of drug-likeness (QED) is 0.791. The van der Waals surface area contributed by atoms with Gasteiger partial charge in [0.15, 0.2) is 0 Å². The van der Waals surface area contributed by atoms with E-state index in [1.165, 1.54) is 25.7 Å². The van der Waals surface area contributed by atoms with Crippen molar-refractivity contribution < 1.29 is 9.32 Å². The molecule has 1 saturated carbocycles. The Morgan fingerprint density at radius 1 is 1.03 bits per heavy atom. The summed E-state index contributed by atoms with van der Waals surface area (Å²) in [5.41, 5.74) is 0.951. The molecule has 1 atom stereocenters. The summed E-state index contributed by atoms with van der Waals surface area (Å²) in [4.78, 5) is 17.3. The Labute approximate surface area is 171 Å². The van der Waals surface area contributed by atoms with Gasteiger partial charge >= 0.3 is 0 Å². The number of nitrogens with zero attached hydrogens (tertiary/aromatic N) is 6. The van der Waals surface area contributed by atoms with Crippen LogP contribution in [-0.4, -0.2) is 62.3 Å². The Kier molecular flexibility index (Phi) is 5.11. The molecule has 156 valence electrons. The average Bonchev–Trinajstić information content (AvgIpc) is 3.46. The highest BCUT2D eigenvalue weighted by molar-refractivity contribution is 5.91. The molecule has 29 heavy (non-hydrogen) atoms. The van der Waals surface area contributed by atoms with Crippen LogP contribution in [0.3, 0.4) is 0 Å². The van der Waals surface area contributed by atoms with Crippen LogP contribution in [0.15, 0.2) is 10.6 Å². The summed E-state index contributed by atoms with van der Waals surface area (Å²) < 4.78 is 7.70. The number of hydrogen-bond donors (Lipinski definition) is 0. The van der Waals surface area contributed by atoms with Gasteiger partial charge in [-0.1, -0.05) is 24.4 Å². The zero-order chi connectivity index (χ0) is 19.8. The maximum absolute atomic E-state index is 13.1. The highest BCUT2D eigenvalue weighted by Gasteiger charge is 2.31. The van der Waals surface area contributed by atoms with E-state index >= 15 is 0 Å². The van der Waals surface area contributed by atoms with Crippen molar-refractivity contribution in [3.05, 3.63) is 29.2 Å². The summed E-state index contributed by atoms with van der Waals surface area (Å²) in [6.07, 6.45) is 9.12. The van der Waals surface area contributed by atoms with Crippen LogP contribution in [0.25, 0.3) is 0 Å². The van der Waals surface area contributed by atoms with Crippen molar-refractivity contribution in [1.29, 1.82) is 0 Å². The van der Waals surface area contributed by atoms with E-state index in [0.29, 0.717) is 30.8 Å². The average molecular weight is 399 g/mol. The van der Waals surface area contributed by atoms with Gasteiger partial charge < -0.3 is 14.0 Å². The summed E-state index contributed by atoms with van der Waals surface area (Å²) in [5, 5.41) is 13.2. The van der Waals surface area contributed by atoms with Crippen LogP contribution < -0.4 is 0 Å². The molecular weight excluding hydrogens is 368 g/mol. The van der Waals surface area contributed by atoms with Crippen LogP contribution in [0.4, 0.5) is 0 Å². The summed E-state index contributed by atoms with van der Waals surface area (Å²) >= 11 is 0. The second-order valence-electron chi connectivity index (χ2n) is 8.76. The number of amides is 1. The molecule has 8 heteroatoms. The molecular formula is C21H30N6O2. The molecule has 2 aromatic rings. The molecule has 4 heterocycles. The molecule has 0 bridgehead atoms. The summed E-state index contributed by atoms with van der Waals surface area (Å²) in [6.45, 7) is 3.12. The van der Waals surface area contributed by atoms with Crippen molar-refractivity contribution in [3.8, 4) is 0 Å². The minimum atomic E-state index is -0.0576. The molecule has 1 amide bonds. The van der Waals surface area contributed by atoms with E-state index in [2.05, 4.69) is 31.9 Å². The molecule has 8 nitrogen and oxygen atoms in total. The second kappa shape index (κ2) is 7.89. The summed E-state index contributed by atoms with van der Waals surface area (Å²) in [5.74, 6) is 2.79. The van der Waals surface area contributed by atoms with Gasteiger partial charge in [-0.3, -0.25) is 9.69 Å². The molecule has 5 rings (SSSR count). The Balaban J connectivity index is 1.28. The minimum Gasteiger partial charge on any atom is -0.351 e. The third kappa shape index (κ3) is 3.58. The molecule has 0 radical (unpaired) electrons. The number of carbonyl (C=O) groups excluding carboxylic acids is 1. The zero-order valence-corrected chi connectivity index (χ0v) is 17.2. The monoisotopic (exact) mass is 398 g/mol. The fourth-order valence-electron chi connectivity index (χ4n) is 5.17. The zero-order valence-electron chi connectivity index (χ0n) is 17.2. The van der Waals surface area contributed by atoms with Crippen molar-refractivity contribution in [1.82, 2.24) is 29.7 Å². The molecule has 0 unspecified atom stereocenters. The normalized spacial score (nSPS) is 23.9. The lowest BCUT2D eigenvalue weighted by atomic mass is 9.87. The molecule has 0 spiro atoms. The number of likely N-dealkylation sites (tertiary alicyclic amines) is 1. The van der Waals surface area contributed by atoms with Crippen molar-refractivity contribution in [2.75, 3.05) is 26.7 Å². The highest BCUT2D eigenvalue weighted by Crippen LogP contribution is 2.33. The fourth-order valence-corrected chi connectivity index (χ4v) is 5.17. The van der Waals surface area contributed by atoms with E-state index in [4.69, 9.17) is 4.52 Å². The molecule has 0 N–H and O–H groups in total. The van der Waals surface area contributed by atoms with Crippen molar-refractivity contribution in [2.45, 2.75) is 69.9 Å². The first kappa shape index (κ1) is 18.8. The Morgan fingerprint density at radius 2 is 1.90 bits per heavy atom. The van der Waals surface area contributed by atoms with Gasteiger partial charge in [0.05, 0.1) is 11.7 Å². The molecule has 1 saturated heterocycles. The van der Waals surface area contributed by atoms with Gasteiger partial charge in [-0.05, 0) is 39.3 Å². The van der Waals surface area contributed by atoms with E-state index in [1.54, 1.807) is 0 Å². The van der Waals surface area contributed by atoms with E-state index in [0.717, 1.165) is 56.1 Å². The van der Waals surface area contributed by atoms with Crippen molar-refractivity contribution >= 4 is 5.91 Å². The van der Waals surface area contributed by atoms with E-state index in [1.807, 2.05) is 11.0 Å². The van der Waals surface area contributed by atoms with Crippen LogP contribution in [-0.2, 0) is 13.0 Å².